The summed E-state index contributed by atoms with van der Waals surface area (Å²) in [6, 6.07) is 10.7. The van der Waals surface area contributed by atoms with Crippen LogP contribution in [0.5, 0.6) is 0 Å². The molecule has 3 aromatic rings. The number of aryl methyl sites for hydroxylation is 2. The average molecular weight is 394 g/mol. The van der Waals surface area contributed by atoms with Crippen LogP contribution >= 0.6 is 11.3 Å². The summed E-state index contributed by atoms with van der Waals surface area (Å²) in [6.45, 7) is 3.42. The first-order chi connectivity index (χ1) is 13.7. The van der Waals surface area contributed by atoms with E-state index in [0.717, 1.165) is 48.5 Å². The van der Waals surface area contributed by atoms with E-state index in [1.165, 1.54) is 28.8 Å². The highest BCUT2D eigenvalue weighted by Crippen LogP contribution is 2.38. The second-order valence-electron chi connectivity index (χ2n) is 8.12. The van der Waals surface area contributed by atoms with Gasteiger partial charge in [0.15, 0.2) is 0 Å². The van der Waals surface area contributed by atoms with E-state index in [0.29, 0.717) is 24.2 Å². The Balaban J connectivity index is 1.39. The number of hydrogen-bond donors (Lipinski definition) is 2. The lowest BCUT2D eigenvalue weighted by molar-refractivity contribution is 0.309. The zero-order chi connectivity index (χ0) is 19.1. The molecule has 5 nitrogen and oxygen atoms in total. The molecular weight excluding hydrogens is 366 g/mol. The van der Waals surface area contributed by atoms with E-state index < -0.39 is 0 Å². The number of hydrogen-bond acceptors (Lipinski definition) is 6. The highest BCUT2D eigenvalue weighted by Gasteiger charge is 2.33. The molecule has 2 aromatic heterocycles. The lowest BCUT2D eigenvalue weighted by Crippen LogP contribution is -2.24. The van der Waals surface area contributed by atoms with Crippen molar-refractivity contribution in [2.75, 3.05) is 25.4 Å². The molecule has 1 aromatic carbocycles. The van der Waals surface area contributed by atoms with Crippen molar-refractivity contribution in [1.29, 1.82) is 0 Å². The van der Waals surface area contributed by atoms with Gasteiger partial charge in [-0.15, -0.1) is 11.3 Å². The van der Waals surface area contributed by atoms with Crippen LogP contribution in [0.1, 0.15) is 40.6 Å². The molecule has 28 heavy (non-hydrogen) atoms. The van der Waals surface area contributed by atoms with Crippen LogP contribution in [-0.4, -0.2) is 34.5 Å². The van der Waals surface area contributed by atoms with Gasteiger partial charge in [-0.2, -0.15) is 0 Å². The Morgan fingerprint density at radius 1 is 1.07 bits per heavy atom. The second-order valence-corrected chi connectivity index (χ2v) is 9.21. The second kappa shape index (κ2) is 7.43. The third kappa shape index (κ3) is 3.19. The fourth-order valence-electron chi connectivity index (χ4n) is 4.91. The maximum absolute atomic E-state index is 6.39. The van der Waals surface area contributed by atoms with E-state index in [1.54, 1.807) is 0 Å². The first-order valence-electron chi connectivity index (χ1n) is 10.3. The lowest BCUT2D eigenvalue weighted by atomic mass is 9.89. The van der Waals surface area contributed by atoms with E-state index in [-0.39, 0.29) is 0 Å². The molecule has 1 saturated heterocycles. The minimum Gasteiger partial charge on any atom is -0.383 e. The summed E-state index contributed by atoms with van der Waals surface area (Å²) in [6.07, 6.45) is 4.80. The normalized spacial score (nSPS) is 22.6. The van der Waals surface area contributed by atoms with Gasteiger partial charge in [0.1, 0.15) is 16.5 Å². The van der Waals surface area contributed by atoms with E-state index >= 15 is 0 Å². The van der Waals surface area contributed by atoms with Crippen molar-refractivity contribution in [2.45, 2.75) is 38.1 Å². The number of rotatable bonds is 4. The summed E-state index contributed by atoms with van der Waals surface area (Å²) in [5.41, 5.74) is 15.3. The molecular formula is C22H27N5S. The molecule has 1 aliphatic heterocycles. The highest BCUT2D eigenvalue weighted by molar-refractivity contribution is 7.19. The monoisotopic (exact) mass is 393 g/mol. The van der Waals surface area contributed by atoms with Gasteiger partial charge in [-0.1, -0.05) is 30.3 Å². The van der Waals surface area contributed by atoms with E-state index in [4.69, 9.17) is 21.4 Å². The fourth-order valence-corrected chi connectivity index (χ4v) is 6.20. The summed E-state index contributed by atoms with van der Waals surface area (Å²) >= 11 is 1.82. The van der Waals surface area contributed by atoms with Crippen molar-refractivity contribution >= 4 is 27.4 Å². The van der Waals surface area contributed by atoms with Gasteiger partial charge in [0.05, 0.1) is 11.9 Å². The van der Waals surface area contributed by atoms with Crippen LogP contribution in [0.3, 0.4) is 0 Å². The third-order valence-electron chi connectivity index (χ3n) is 6.30. The number of nitrogens with two attached hydrogens (primary N) is 2. The minimum atomic E-state index is 0.470. The van der Waals surface area contributed by atoms with Crippen LogP contribution in [-0.2, 0) is 19.4 Å². The average Bonchev–Trinajstić information content (AvgIpc) is 3.29. The molecule has 0 radical (unpaired) electrons. The Hall–Kier alpha value is -2.02. The summed E-state index contributed by atoms with van der Waals surface area (Å²) < 4.78 is 0. The number of fused-ring (bicyclic) bond motifs is 3. The molecule has 6 heteroatoms. The SMILES string of the molecule is NC[C@@H]1CN(Cc2nc(N)c3c4c(sc3n2)CCCC4)C[C@H]1c1ccccc1. The fraction of sp³-hybridized carbons (Fsp3) is 0.455. The van der Waals surface area contributed by atoms with Crippen LogP contribution in [0.15, 0.2) is 30.3 Å². The van der Waals surface area contributed by atoms with Crippen molar-refractivity contribution in [3.05, 3.63) is 52.2 Å². The Morgan fingerprint density at radius 3 is 2.71 bits per heavy atom. The van der Waals surface area contributed by atoms with Crippen LogP contribution < -0.4 is 11.5 Å². The van der Waals surface area contributed by atoms with Gasteiger partial charge < -0.3 is 11.5 Å². The Kier molecular flexibility index (Phi) is 4.78. The summed E-state index contributed by atoms with van der Waals surface area (Å²) in [5.74, 6) is 2.44. The number of nitrogen functional groups attached to an aromatic ring is 1. The van der Waals surface area contributed by atoms with Crippen molar-refractivity contribution in [3.8, 4) is 0 Å². The Morgan fingerprint density at radius 2 is 1.89 bits per heavy atom. The van der Waals surface area contributed by atoms with Crippen molar-refractivity contribution in [2.24, 2.45) is 11.7 Å². The number of likely N-dealkylation sites (tertiary alicyclic amines) is 1. The van der Waals surface area contributed by atoms with Crippen molar-refractivity contribution in [3.63, 3.8) is 0 Å². The molecule has 0 unspecified atom stereocenters. The third-order valence-corrected chi connectivity index (χ3v) is 7.49. The number of benzene rings is 1. The summed E-state index contributed by atoms with van der Waals surface area (Å²) in [5, 5.41) is 1.12. The zero-order valence-electron chi connectivity index (χ0n) is 16.1. The molecule has 2 atom stereocenters. The molecule has 1 fully saturated rings. The predicted octanol–water partition coefficient (Wildman–Crippen LogP) is 3.33. The van der Waals surface area contributed by atoms with Crippen molar-refractivity contribution in [1.82, 2.24) is 14.9 Å². The first-order valence-corrected chi connectivity index (χ1v) is 11.1. The van der Waals surface area contributed by atoms with E-state index in [1.807, 2.05) is 11.3 Å². The Bertz CT molecular complexity index is 984. The predicted molar refractivity (Wildman–Crippen MR) is 115 cm³/mol. The van der Waals surface area contributed by atoms with Gasteiger partial charge in [-0.25, -0.2) is 9.97 Å². The van der Waals surface area contributed by atoms with Gasteiger partial charge in [-0.3, -0.25) is 4.90 Å². The molecule has 3 heterocycles. The summed E-state index contributed by atoms with van der Waals surface area (Å²) in [7, 11) is 0. The van der Waals surface area contributed by atoms with Crippen LogP contribution in [0, 0.1) is 5.92 Å². The molecule has 0 bridgehead atoms. The molecule has 0 amide bonds. The van der Waals surface area contributed by atoms with Gasteiger partial charge in [0.25, 0.3) is 0 Å². The molecule has 2 aliphatic rings. The first kappa shape index (κ1) is 18.0. The molecule has 146 valence electrons. The van der Waals surface area contributed by atoms with Crippen LogP contribution in [0.4, 0.5) is 5.82 Å². The molecule has 0 saturated carbocycles. The quantitative estimate of drug-likeness (QED) is 0.711. The van der Waals surface area contributed by atoms with E-state index in [2.05, 4.69) is 35.2 Å². The lowest BCUT2D eigenvalue weighted by Gasteiger charge is -2.16. The largest absolute Gasteiger partial charge is 0.383 e. The van der Waals surface area contributed by atoms with Crippen LogP contribution in [0.25, 0.3) is 10.2 Å². The maximum Gasteiger partial charge on any atom is 0.146 e. The van der Waals surface area contributed by atoms with Crippen LogP contribution in [0.2, 0.25) is 0 Å². The van der Waals surface area contributed by atoms with Gasteiger partial charge in [0.2, 0.25) is 0 Å². The van der Waals surface area contributed by atoms with Gasteiger partial charge in [0, 0.05) is 23.9 Å². The van der Waals surface area contributed by atoms with Gasteiger partial charge in [-0.05, 0) is 49.3 Å². The number of anilines is 1. The van der Waals surface area contributed by atoms with E-state index in [9.17, 15) is 0 Å². The zero-order valence-corrected chi connectivity index (χ0v) is 16.9. The van der Waals surface area contributed by atoms with Crippen molar-refractivity contribution < 1.29 is 0 Å². The molecule has 1 aliphatic carbocycles. The maximum atomic E-state index is 6.39. The standard InChI is InChI=1S/C22H27N5S/c23-10-15-11-27(12-17(15)14-6-2-1-3-7-14)13-19-25-21(24)20-16-8-4-5-9-18(16)28-22(20)26-19/h1-3,6-7,15,17H,4-5,8-13,23H2,(H2,24,25,26)/t15-,17+/m1/s1. The number of aromatic nitrogens is 2. The summed E-state index contributed by atoms with van der Waals surface area (Å²) in [4.78, 5) is 14.6. The Labute approximate surface area is 169 Å². The molecule has 4 N–H and O–H groups in total. The number of thiophene rings is 1. The highest BCUT2D eigenvalue weighted by atomic mass is 32.1. The van der Waals surface area contributed by atoms with Gasteiger partial charge >= 0.3 is 0 Å². The molecule has 0 spiro atoms. The number of nitrogens with zero attached hydrogens (tertiary/aromatic N) is 3. The minimum absolute atomic E-state index is 0.470. The smallest absolute Gasteiger partial charge is 0.146 e. The topological polar surface area (TPSA) is 81.1 Å². The molecule has 5 rings (SSSR count).